The number of rotatable bonds is 2. The van der Waals surface area contributed by atoms with Crippen molar-refractivity contribution in [3.63, 3.8) is 0 Å². The van der Waals surface area contributed by atoms with Crippen LogP contribution in [0.15, 0.2) is 24.3 Å². The van der Waals surface area contributed by atoms with E-state index in [1.807, 2.05) is 14.1 Å². The minimum atomic E-state index is -0.188. The van der Waals surface area contributed by atoms with E-state index in [4.69, 9.17) is 9.47 Å². The van der Waals surface area contributed by atoms with Gasteiger partial charge in [0.05, 0.1) is 13.2 Å². The van der Waals surface area contributed by atoms with Crippen molar-refractivity contribution < 1.29 is 9.47 Å². The van der Waals surface area contributed by atoms with Gasteiger partial charge in [0.15, 0.2) is 6.29 Å². The highest BCUT2D eigenvalue weighted by Gasteiger charge is 2.20. The van der Waals surface area contributed by atoms with Gasteiger partial charge >= 0.3 is 0 Å². The fourth-order valence-corrected chi connectivity index (χ4v) is 1.72. The van der Waals surface area contributed by atoms with E-state index in [2.05, 4.69) is 36.1 Å². The molecule has 0 unspecified atom stereocenters. The molecule has 0 amide bonds. The quantitative estimate of drug-likeness (QED) is 0.765. The zero-order valence-electron chi connectivity index (χ0n) is 10.1. The van der Waals surface area contributed by atoms with Crippen molar-refractivity contribution in [1.82, 2.24) is 0 Å². The van der Waals surface area contributed by atoms with Gasteiger partial charge in [0.25, 0.3) is 0 Å². The predicted molar refractivity (Wildman–Crippen MR) is 64.6 cm³/mol. The molecule has 3 heteroatoms. The van der Waals surface area contributed by atoms with E-state index in [9.17, 15) is 0 Å². The van der Waals surface area contributed by atoms with E-state index in [-0.39, 0.29) is 6.29 Å². The van der Waals surface area contributed by atoms with Gasteiger partial charge in [-0.15, -0.1) is 0 Å². The van der Waals surface area contributed by atoms with Crippen LogP contribution in [-0.2, 0) is 9.47 Å². The summed E-state index contributed by atoms with van der Waals surface area (Å²) in [6, 6.07) is 8.30. The maximum Gasteiger partial charge on any atom is 0.183 e. The lowest BCUT2D eigenvalue weighted by Gasteiger charge is -2.27. The predicted octanol–water partition coefficient (Wildman–Crippen LogP) is 2.43. The lowest BCUT2D eigenvalue weighted by Crippen LogP contribution is -2.25. The van der Waals surface area contributed by atoms with Gasteiger partial charge in [0, 0.05) is 31.3 Å². The van der Waals surface area contributed by atoms with Gasteiger partial charge in [-0.2, -0.15) is 0 Å². The molecule has 1 aliphatic heterocycles. The van der Waals surface area contributed by atoms with Crippen molar-refractivity contribution >= 4 is 5.69 Å². The summed E-state index contributed by atoms with van der Waals surface area (Å²) >= 11 is 0. The normalized spacial score (nSPS) is 25.4. The average Bonchev–Trinajstić information content (AvgIpc) is 2.30. The maximum absolute atomic E-state index is 5.64. The number of anilines is 1. The first-order valence-corrected chi connectivity index (χ1v) is 5.67. The zero-order chi connectivity index (χ0) is 11.5. The van der Waals surface area contributed by atoms with Crippen LogP contribution in [0.25, 0.3) is 0 Å². The molecule has 1 aliphatic rings. The van der Waals surface area contributed by atoms with Crippen molar-refractivity contribution in [1.29, 1.82) is 0 Å². The molecule has 2 rings (SSSR count). The Bertz CT molecular complexity index is 326. The van der Waals surface area contributed by atoms with Crippen molar-refractivity contribution in [2.45, 2.75) is 13.2 Å². The third kappa shape index (κ3) is 2.54. The van der Waals surface area contributed by atoms with Crippen LogP contribution in [0.5, 0.6) is 0 Å². The standard InChI is InChI=1S/C13H19NO2/c1-10-8-15-13(16-9-10)11-4-6-12(7-5-11)14(2)3/h4-7,10,13H,8-9H2,1-3H3. The minimum Gasteiger partial charge on any atom is -0.378 e. The Morgan fingerprint density at radius 3 is 2.12 bits per heavy atom. The summed E-state index contributed by atoms with van der Waals surface area (Å²) in [7, 11) is 4.06. The molecule has 0 saturated carbocycles. The second-order valence-electron chi connectivity index (χ2n) is 4.59. The maximum atomic E-state index is 5.64. The van der Waals surface area contributed by atoms with Crippen LogP contribution in [0.1, 0.15) is 18.8 Å². The first-order chi connectivity index (χ1) is 7.66. The van der Waals surface area contributed by atoms with Crippen LogP contribution in [0, 0.1) is 5.92 Å². The summed E-state index contributed by atoms with van der Waals surface area (Å²) in [4.78, 5) is 2.08. The SMILES string of the molecule is CC1COC(c2ccc(N(C)C)cc2)OC1. The van der Waals surface area contributed by atoms with E-state index in [1.54, 1.807) is 0 Å². The average molecular weight is 221 g/mol. The van der Waals surface area contributed by atoms with Crippen LogP contribution in [0.3, 0.4) is 0 Å². The summed E-state index contributed by atoms with van der Waals surface area (Å²) < 4.78 is 11.3. The first kappa shape index (κ1) is 11.4. The molecule has 1 fully saturated rings. The Morgan fingerprint density at radius 1 is 1.06 bits per heavy atom. The smallest absolute Gasteiger partial charge is 0.183 e. The fraction of sp³-hybridized carbons (Fsp3) is 0.538. The third-order valence-corrected chi connectivity index (χ3v) is 2.75. The van der Waals surface area contributed by atoms with E-state index >= 15 is 0 Å². The molecule has 1 heterocycles. The molecule has 1 saturated heterocycles. The number of nitrogens with zero attached hydrogens (tertiary/aromatic N) is 1. The summed E-state index contributed by atoms with van der Waals surface area (Å²) in [5.74, 6) is 0.497. The van der Waals surface area contributed by atoms with Crippen molar-refractivity contribution in [3.8, 4) is 0 Å². The van der Waals surface area contributed by atoms with Crippen LogP contribution >= 0.6 is 0 Å². The lowest BCUT2D eigenvalue weighted by molar-refractivity contribution is -0.202. The van der Waals surface area contributed by atoms with Gasteiger partial charge in [0.1, 0.15) is 0 Å². The highest BCUT2D eigenvalue weighted by atomic mass is 16.7. The van der Waals surface area contributed by atoms with Crippen molar-refractivity contribution in [2.24, 2.45) is 5.92 Å². The Labute approximate surface area is 97.0 Å². The van der Waals surface area contributed by atoms with Crippen molar-refractivity contribution in [3.05, 3.63) is 29.8 Å². The number of hydrogen-bond acceptors (Lipinski definition) is 3. The number of ether oxygens (including phenoxy) is 2. The molecular formula is C13H19NO2. The second kappa shape index (κ2) is 4.85. The summed E-state index contributed by atoms with van der Waals surface area (Å²) in [5, 5.41) is 0. The molecule has 0 atom stereocenters. The Kier molecular flexibility index (Phi) is 3.46. The highest BCUT2D eigenvalue weighted by molar-refractivity contribution is 5.46. The van der Waals surface area contributed by atoms with Crippen LogP contribution in [-0.4, -0.2) is 27.3 Å². The van der Waals surface area contributed by atoms with E-state index in [1.165, 1.54) is 5.69 Å². The van der Waals surface area contributed by atoms with Crippen LogP contribution < -0.4 is 4.90 Å². The van der Waals surface area contributed by atoms with Gasteiger partial charge in [-0.05, 0) is 12.1 Å². The summed E-state index contributed by atoms with van der Waals surface area (Å²) in [6.45, 7) is 3.69. The van der Waals surface area contributed by atoms with Gasteiger partial charge in [-0.25, -0.2) is 0 Å². The molecule has 16 heavy (non-hydrogen) atoms. The first-order valence-electron chi connectivity index (χ1n) is 5.67. The molecule has 1 aromatic carbocycles. The molecule has 0 spiro atoms. The van der Waals surface area contributed by atoms with Crippen LogP contribution in [0.2, 0.25) is 0 Å². The largest absolute Gasteiger partial charge is 0.378 e. The van der Waals surface area contributed by atoms with Gasteiger partial charge < -0.3 is 14.4 Å². The molecule has 1 aromatic rings. The zero-order valence-corrected chi connectivity index (χ0v) is 10.1. The van der Waals surface area contributed by atoms with Gasteiger partial charge in [-0.3, -0.25) is 0 Å². The highest BCUT2D eigenvalue weighted by Crippen LogP contribution is 2.26. The molecule has 0 aliphatic carbocycles. The second-order valence-corrected chi connectivity index (χ2v) is 4.59. The number of benzene rings is 1. The monoisotopic (exact) mass is 221 g/mol. The third-order valence-electron chi connectivity index (χ3n) is 2.75. The van der Waals surface area contributed by atoms with E-state index in [0.29, 0.717) is 5.92 Å². The minimum absolute atomic E-state index is 0.188. The van der Waals surface area contributed by atoms with E-state index < -0.39 is 0 Å². The molecule has 0 N–H and O–H groups in total. The van der Waals surface area contributed by atoms with Gasteiger partial charge in [0.2, 0.25) is 0 Å². The Morgan fingerprint density at radius 2 is 1.62 bits per heavy atom. The molecule has 88 valence electrons. The molecule has 0 radical (unpaired) electrons. The summed E-state index contributed by atoms with van der Waals surface area (Å²) in [6.07, 6.45) is -0.188. The molecule has 3 nitrogen and oxygen atoms in total. The molecule has 0 aromatic heterocycles. The summed E-state index contributed by atoms with van der Waals surface area (Å²) in [5.41, 5.74) is 2.28. The fourth-order valence-electron chi connectivity index (χ4n) is 1.72. The Hall–Kier alpha value is -1.06. The molecule has 0 bridgehead atoms. The van der Waals surface area contributed by atoms with Crippen molar-refractivity contribution in [2.75, 3.05) is 32.2 Å². The lowest BCUT2D eigenvalue weighted by atomic mass is 10.1. The van der Waals surface area contributed by atoms with E-state index in [0.717, 1.165) is 18.8 Å². The van der Waals surface area contributed by atoms with Gasteiger partial charge in [-0.1, -0.05) is 19.1 Å². The molecular weight excluding hydrogens is 202 g/mol. The topological polar surface area (TPSA) is 21.7 Å². The van der Waals surface area contributed by atoms with Crippen LogP contribution in [0.4, 0.5) is 5.69 Å². The Balaban J connectivity index is 2.04. The number of hydrogen-bond donors (Lipinski definition) is 0.